The first kappa shape index (κ1) is 27.0. The molecule has 26 heavy (non-hydrogen) atoms. The van der Waals surface area contributed by atoms with Crippen LogP contribution in [0.2, 0.25) is 0 Å². The third-order valence-corrected chi connectivity index (χ3v) is 3.53. The van der Waals surface area contributed by atoms with Gasteiger partial charge in [0.2, 0.25) is 0 Å². The fourth-order valence-electron chi connectivity index (χ4n) is 1.22. The molecule has 0 bridgehead atoms. The van der Waals surface area contributed by atoms with Gasteiger partial charge in [0.25, 0.3) is 0 Å². The van der Waals surface area contributed by atoms with Crippen molar-refractivity contribution < 1.29 is 52.7 Å². The van der Waals surface area contributed by atoms with Crippen LogP contribution in [0, 0.1) is 0 Å². The molecule has 0 radical (unpaired) electrons. The van der Waals surface area contributed by atoms with Crippen molar-refractivity contribution in [2.24, 2.45) is 0 Å². The summed E-state index contributed by atoms with van der Waals surface area (Å²) in [7, 11) is -6.30. The second-order valence-corrected chi connectivity index (χ2v) is 6.39. The summed E-state index contributed by atoms with van der Waals surface area (Å²) in [4.78, 5) is 11.2. The Hall–Kier alpha value is -1.25. The number of nitrogens with one attached hydrogen (secondary N) is 1. The van der Waals surface area contributed by atoms with Gasteiger partial charge in [-0.05, 0) is 19.5 Å². The Labute approximate surface area is 143 Å². The van der Waals surface area contributed by atoms with Crippen LogP contribution in [0.25, 0.3) is 0 Å². The maximum atomic E-state index is 11.9. The highest BCUT2D eigenvalue weighted by molar-refractivity contribution is 7.90. The number of hydrogen-bond acceptors (Lipinski definition) is 4. The third kappa shape index (κ3) is 12.2. The SMILES string of the molecule is CCCCN(CC)CC(F)(F)F.O=C(NS(=O)(=O)C(F)(F)F)C(F)(F)F. The standard InChI is InChI=1S/C8H16F3N.C3HF6NO3S/c1-3-5-6-12(4-2)7-8(9,10)11;4-2(5,6)1(11)10-14(12,13)3(7,8)9/h3-7H2,1-2H3;(H,10,11). The fraction of sp³-hybridized carbons (Fsp3) is 0.909. The number of nitrogens with zero attached hydrogens (tertiary/aromatic N) is 1. The van der Waals surface area contributed by atoms with Gasteiger partial charge >= 0.3 is 33.8 Å². The Kier molecular flexibility index (Phi) is 10.6. The summed E-state index contributed by atoms with van der Waals surface area (Å²) in [5, 5.41) is 0. The summed E-state index contributed by atoms with van der Waals surface area (Å²) in [5.74, 6) is -3.20. The van der Waals surface area contributed by atoms with Crippen molar-refractivity contribution in [2.45, 2.75) is 44.6 Å². The normalized spacial score (nSPS) is 13.2. The minimum absolute atomic E-state index is 0.181. The zero-order chi connectivity index (χ0) is 21.4. The van der Waals surface area contributed by atoms with Gasteiger partial charge in [0, 0.05) is 0 Å². The number of carbonyl (C=O) groups excluding carboxylic acids is 1. The first-order chi connectivity index (χ1) is 11.4. The molecule has 0 spiro atoms. The van der Waals surface area contributed by atoms with E-state index in [1.807, 2.05) is 6.92 Å². The number of unbranched alkanes of at least 4 members (excludes halogenated alkanes) is 1. The maximum Gasteiger partial charge on any atom is 0.516 e. The Balaban J connectivity index is 0. The molecule has 0 atom stereocenters. The zero-order valence-corrected chi connectivity index (χ0v) is 14.3. The largest absolute Gasteiger partial charge is 0.516 e. The van der Waals surface area contributed by atoms with Gasteiger partial charge in [-0.25, -0.2) is 4.72 Å². The predicted octanol–water partition coefficient (Wildman–Crippen LogP) is 3.19. The highest BCUT2D eigenvalue weighted by atomic mass is 32.2. The first-order valence-electron chi connectivity index (χ1n) is 6.86. The topological polar surface area (TPSA) is 66.5 Å². The molecule has 5 nitrogen and oxygen atoms in total. The van der Waals surface area contributed by atoms with Gasteiger partial charge in [-0.3, -0.25) is 9.69 Å². The van der Waals surface area contributed by atoms with Crippen LogP contribution in [0.4, 0.5) is 39.5 Å². The second kappa shape index (κ2) is 10.2. The van der Waals surface area contributed by atoms with E-state index in [1.54, 1.807) is 6.92 Å². The number of carbonyl (C=O) groups is 1. The van der Waals surface area contributed by atoms with E-state index in [1.165, 1.54) is 4.90 Å². The van der Waals surface area contributed by atoms with Crippen LogP contribution in [0.15, 0.2) is 0 Å². The number of alkyl halides is 9. The van der Waals surface area contributed by atoms with Gasteiger partial charge in [0.15, 0.2) is 0 Å². The molecule has 0 saturated heterocycles. The summed E-state index contributed by atoms with van der Waals surface area (Å²) < 4.78 is 124. The average molecular weight is 428 g/mol. The van der Waals surface area contributed by atoms with Crippen molar-refractivity contribution in [1.29, 1.82) is 0 Å². The van der Waals surface area contributed by atoms with Crippen molar-refractivity contribution in [3.8, 4) is 0 Å². The minimum atomic E-state index is -6.30. The van der Waals surface area contributed by atoms with Gasteiger partial charge in [-0.1, -0.05) is 20.3 Å². The first-order valence-corrected chi connectivity index (χ1v) is 8.35. The van der Waals surface area contributed by atoms with Gasteiger partial charge < -0.3 is 0 Å². The molecule has 15 heteroatoms. The number of amides is 1. The Morgan fingerprint density at radius 2 is 1.42 bits per heavy atom. The van der Waals surface area contributed by atoms with Crippen molar-refractivity contribution >= 4 is 15.9 Å². The summed E-state index contributed by atoms with van der Waals surface area (Å²) in [5.41, 5.74) is -5.96. The van der Waals surface area contributed by atoms with E-state index in [0.717, 1.165) is 12.8 Å². The van der Waals surface area contributed by atoms with Crippen molar-refractivity contribution in [1.82, 2.24) is 9.62 Å². The Bertz CT molecular complexity index is 527. The molecule has 0 fully saturated rings. The van der Waals surface area contributed by atoms with Crippen LogP contribution < -0.4 is 4.72 Å². The van der Waals surface area contributed by atoms with Crippen molar-refractivity contribution in [3.05, 3.63) is 0 Å². The number of sulfonamides is 1. The molecule has 0 unspecified atom stereocenters. The molecule has 158 valence electrons. The molecule has 0 aromatic heterocycles. The van der Waals surface area contributed by atoms with Gasteiger partial charge in [0.05, 0.1) is 6.54 Å². The highest BCUT2D eigenvalue weighted by Crippen LogP contribution is 2.23. The lowest BCUT2D eigenvalue weighted by Crippen LogP contribution is -2.46. The quantitative estimate of drug-likeness (QED) is 0.660. The summed E-state index contributed by atoms with van der Waals surface area (Å²) in [6, 6.07) is 0. The van der Waals surface area contributed by atoms with E-state index in [9.17, 15) is 52.7 Å². The smallest absolute Gasteiger partial charge is 0.295 e. The second-order valence-electron chi connectivity index (χ2n) is 4.72. The number of rotatable bonds is 6. The lowest BCUT2D eigenvalue weighted by molar-refractivity contribution is -0.171. The molecule has 0 aliphatic rings. The molecule has 0 aromatic carbocycles. The number of hydrogen-bond donors (Lipinski definition) is 1. The van der Waals surface area contributed by atoms with E-state index >= 15 is 0 Å². The molecule has 0 saturated carbocycles. The number of halogens is 9. The summed E-state index contributed by atoms with van der Waals surface area (Å²) in [6.07, 6.45) is -7.97. The van der Waals surface area contributed by atoms with Gasteiger partial charge in [-0.15, -0.1) is 0 Å². The Morgan fingerprint density at radius 3 is 1.69 bits per heavy atom. The van der Waals surface area contributed by atoms with E-state index in [2.05, 4.69) is 0 Å². The van der Waals surface area contributed by atoms with E-state index in [-0.39, 0.29) is 4.72 Å². The predicted molar refractivity (Wildman–Crippen MR) is 72.2 cm³/mol. The van der Waals surface area contributed by atoms with Crippen LogP contribution in [-0.2, 0) is 14.8 Å². The molecule has 1 amide bonds. The van der Waals surface area contributed by atoms with Crippen LogP contribution >= 0.6 is 0 Å². The van der Waals surface area contributed by atoms with Crippen LogP contribution in [-0.4, -0.2) is 56.7 Å². The highest BCUT2D eigenvalue weighted by Gasteiger charge is 2.51. The molecular weight excluding hydrogens is 411 g/mol. The monoisotopic (exact) mass is 428 g/mol. The molecule has 1 N–H and O–H groups in total. The molecule has 0 aliphatic heterocycles. The van der Waals surface area contributed by atoms with Crippen molar-refractivity contribution in [2.75, 3.05) is 19.6 Å². The van der Waals surface area contributed by atoms with Crippen molar-refractivity contribution in [3.63, 3.8) is 0 Å². The molecule has 0 rings (SSSR count). The van der Waals surface area contributed by atoms with Crippen LogP contribution in [0.1, 0.15) is 26.7 Å². The maximum absolute atomic E-state index is 11.9. The van der Waals surface area contributed by atoms with Crippen LogP contribution in [0.3, 0.4) is 0 Å². The molecular formula is C11H17F9N2O3S. The molecule has 0 aliphatic carbocycles. The summed E-state index contributed by atoms with van der Waals surface area (Å²) >= 11 is 0. The lowest BCUT2D eigenvalue weighted by Gasteiger charge is -2.21. The summed E-state index contributed by atoms with van der Waals surface area (Å²) in [6.45, 7) is 3.97. The minimum Gasteiger partial charge on any atom is -0.295 e. The zero-order valence-electron chi connectivity index (χ0n) is 13.5. The lowest BCUT2D eigenvalue weighted by atomic mass is 10.3. The van der Waals surface area contributed by atoms with Crippen LogP contribution in [0.5, 0.6) is 0 Å². The van der Waals surface area contributed by atoms with Gasteiger partial charge in [-0.2, -0.15) is 47.9 Å². The molecule has 0 heterocycles. The molecule has 0 aromatic rings. The fourth-order valence-corrected chi connectivity index (χ4v) is 1.70. The third-order valence-electron chi connectivity index (χ3n) is 2.47. The van der Waals surface area contributed by atoms with E-state index in [4.69, 9.17) is 0 Å². The van der Waals surface area contributed by atoms with E-state index in [0.29, 0.717) is 13.1 Å². The average Bonchev–Trinajstić information content (AvgIpc) is 2.40. The van der Waals surface area contributed by atoms with Gasteiger partial charge in [0.1, 0.15) is 0 Å². The Morgan fingerprint density at radius 1 is 0.962 bits per heavy atom. The van der Waals surface area contributed by atoms with E-state index < -0.39 is 40.3 Å².